The van der Waals surface area contributed by atoms with Gasteiger partial charge in [-0.25, -0.2) is 0 Å². The maximum absolute atomic E-state index is 14.5. The van der Waals surface area contributed by atoms with Crippen molar-refractivity contribution >= 4 is 23.7 Å². The molecule has 0 saturated heterocycles. The minimum atomic E-state index is -1.01. The van der Waals surface area contributed by atoms with E-state index in [-0.39, 0.29) is 69.6 Å². The Labute approximate surface area is 244 Å². The molecule has 0 spiro atoms. The number of hydrogen-bond acceptors (Lipinski definition) is 5. The lowest BCUT2D eigenvalue weighted by Crippen LogP contribution is -2.66. The summed E-state index contributed by atoms with van der Waals surface area (Å²) in [7, 11) is 0. The second kappa shape index (κ2) is 9.41. The van der Waals surface area contributed by atoms with Gasteiger partial charge in [-0.15, -0.1) is 0 Å². The van der Waals surface area contributed by atoms with Gasteiger partial charge in [0.25, 0.3) is 0 Å². The molecule has 0 radical (unpaired) electrons. The van der Waals surface area contributed by atoms with Crippen molar-refractivity contribution in [2.24, 2.45) is 50.2 Å². The Kier molecular flexibility index (Phi) is 6.95. The number of carbonyl (C=O) groups excluding carboxylic acids is 2. The average Bonchev–Trinajstić information content (AvgIpc) is 2.86. The zero-order valence-electron chi connectivity index (χ0n) is 26.1. The Hall–Kier alpha value is -2.18. The van der Waals surface area contributed by atoms with E-state index in [2.05, 4.69) is 41.5 Å². The first-order chi connectivity index (χ1) is 18.8. The maximum atomic E-state index is 14.5. The van der Waals surface area contributed by atoms with Gasteiger partial charge in [0.15, 0.2) is 5.78 Å². The minimum absolute atomic E-state index is 0.0233. The lowest BCUT2D eigenvalue weighted by atomic mass is 9.33. The molecule has 41 heavy (non-hydrogen) atoms. The van der Waals surface area contributed by atoms with Gasteiger partial charge in [-0.2, -0.15) is 0 Å². The molecule has 0 aliphatic heterocycles. The van der Waals surface area contributed by atoms with Crippen LogP contribution in [0.15, 0.2) is 11.6 Å². The minimum Gasteiger partial charge on any atom is -0.481 e. The van der Waals surface area contributed by atoms with Gasteiger partial charge in [-0.1, -0.05) is 47.1 Å². The summed E-state index contributed by atoms with van der Waals surface area (Å²) in [5.41, 5.74) is -0.553. The molecular formula is C34H50O7. The largest absolute Gasteiger partial charge is 0.481 e. The number of carbonyl (C=O) groups is 4. The normalized spacial score (nSPS) is 46.6. The van der Waals surface area contributed by atoms with Crippen LogP contribution in [0.3, 0.4) is 0 Å². The highest BCUT2D eigenvalue weighted by atomic mass is 16.5. The zero-order chi connectivity index (χ0) is 30.4. The lowest BCUT2D eigenvalue weighted by molar-refractivity contribution is -0.211. The molecule has 7 heteroatoms. The van der Waals surface area contributed by atoms with E-state index in [0.29, 0.717) is 19.3 Å². The Morgan fingerprint density at radius 1 is 0.878 bits per heavy atom. The zero-order valence-corrected chi connectivity index (χ0v) is 26.1. The fraction of sp³-hybridized carbons (Fsp3) is 0.824. The predicted octanol–water partition coefficient (Wildman–Crippen LogP) is 6.83. The van der Waals surface area contributed by atoms with E-state index in [4.69, 9.17) is 9.84 Å². The molecule has 228 valence electrons. The monoisotopic (exact) mass is 570 g/mol. The number of carboxylic acid groups (broad SMARTS) is 2. The molecule has 9 atom stereocenters. The van der Waals surface area contributed by atoms with Crippen LogP contribution in [0.2, 0.25) is 0 Å². The second-order valence-corrected chi connectivity index (χ2v) is 16.3. The molecule has 5 aliphatic rings. The van der Waals surface area contributed by atoms with Crippen LogP contribution in [0, 0.1) is 50.2 Å². The standard InChI is InChI=1S/C34H50O7/c1-29(2)23-10-13-34(7)27(32(23,5)12-11-24(29)41-26(38)9-8-25(36)37)22(35)18-20-21-19-31(4,28(39)40)15-14-30(21,3)16-17-33(20,34)6/h18,21,23-24,27H,8-17,19H2,1-7H3,(H,36,37)(H,39,40)/t21-,23+,24+,27+,30-,31-,32+,33+,34+/m1/s1. The summed E-state index contributed by atoms with van der Waals surface area (Å²) in [5, 5.41) is 19.1. The predicted molar refractivity (Wildman–Crippen MR) is 154 cm³/mol. The van der Waals surface area contributed by atoms with Crippen LogP contribution in [0.4, 0.5) is 0 Å². The van der Waals surface area contributed by atoms with Crippen LogP contribution in [-0.4, -0.2) is 40.0 Å². The van der Waals surface area contributed by atoms with Crippen LogP contribution in [0.5, 0.6) is 0 Å². The van der Waals surface area contributed by atoms with Gasteiger partial charge in [0.1, 0.15) is 6.10 Å². The van der Waals surface area contributed by atoms with Crippen molar-refractivity contribution in [2.45, 2.75) is 125 Å². The van der Waals surface area contributed by atoms with Gasteiger partial charge >= 0.3 is 17.9 Å². The Bertz CT molecular complexity index is 1200. The van der Waals surface area contributed by atoms with Crippen molar-refractivity contribution in [1.29, 1.82) is 0 Å². The Balaban J connectivity index is 1.49. The number of rotatable bonds is 5. The number of ether oxygens (including phenoxy) is 1. The molecule has 7 nitrogen and oxygen atoms in total. The molecule has 0 aromatic rings. The fourth-order valence-electron chi connectivity index (χ4n) is 11.0. The van der Waals surface area contributed by atoms with Crippen LogP contribution in [0.1, 0.15) is 119 Å². The molecule has 0 heterocycles. The number of hydrogen-bond donors (Lipinski definition) is 2. The number of ketones is 1. The molecule has 0 aromatic carbocycles. The first-order valence-electron chi connectivity index (χ1n) is 15.7. The average molecular weight is 571 g/mol. The molecule has 0 amide bonds. The van der Waals surface area contributed by atoms with Crippen molar-refractivity contribution in [2.75, 3.05) is 0 Å². The van der Waals surface area contributed by atoms with Crippen LogP contribution >= 0.6 is 0 Å². The summed E-state index contributed by atoms with van der Waals surface area (Å²) in [6.07, 6.45) is 8.80. The van der Waals surface area contributed by atoms with E-state index in [9.17, 15) is 24.3 Å². The molecule has 5 aliphatic carbocycles. The maximum Gasteiger partial charge on any atom is 0.309 e. The Morgan fingerprint density at radius 3 is 2.17 bits per heavy atom. The van der Waals surface area contributed by atoms with Gasteiger partial charge in [-0.3, -0.25) is 19.2 Å². The van der Waals surface area contributed by atoms with E-state index in [0.717, 1.165) is 38.5 Å². The summed E-state index contributed by atoms with van der Waals surface area (Å²) in [5.74, 6) is -1.87. The van der Waals surface area contributed by atoms with Gasteiger partial charge in [0.05, 0.1) is 18.3 Å². The van der Waals surface area contributed by atoms with Crippen molar-refractivity contribution in [1.82, 2.24) is 0 Å². The number of carboxylic acids is 2. The van der Waals surface area contributed by atoms with Crippen molar-refractivity contribution in [3.05, 3.63) is 11.6 Å². The first kappa shape index (κ1) is 30.3. The second-order valence-electron chi connectivity index (χ2n) is 16.3. The number of esters is 1. The van der Waals surface area contributed by atoms with E-state index in [1.165, 1.54) is 5.57 Å². The highest BCUT2D eigenvalue weighted by Gasteiger charge is 2.70. The molecule has 0 unspecified atom stereocenters. The molecular weight excluding hydrogens is 520 g/mol. The molecule has 2 N–H and O–H groups in total. The third kappa shape index (κ3) is 4.25. The van der Waals surface area contributed by atoms with Crippen LogP contribution in [0.25, 0.3) is 0 Å². The topological polar surface area (TPSA) is 118 Å². The van der Waals surface area contributed by atoms with E-state index < -0.39 is 23.3 Å². The molecule has 5 rings (SSSR count). The van der Waals surface area contributed by atoms with Crippen LogP contribution in [-0.2, 0) is 23.9 Å². The number of allylic oxidation sites excluding steroid dienone is 2. The SMILES string of the molecule is CC1(C)[C@@H](OC(=O)CCC(=O)O)CC[C@@]2(C)[C@H]1CC[C@@]1(C)[C@H]2C(=O)C=C2[C@H]3C[C@](C)(C(=O)O)CC[C@]3(C)CC[C@@]21C. The van der Waals surface area contributed by atoms with Crippen molar-refractivity contribution in [3.8, 4) is 0 Å². The smallest absolute Gasteiger partial charge is 0.309 e. The van der Waals surface area contributed by atoms with E-state index >= 15 is 0 Å². The quantitative estimate of drug-likeness (QED) is 0.348. The lowest BCUT2D eigenvalue weighted by Gasteiger charge is -2.70. The highest BCUT2D eigenvalue weighted by molar-refractivity contribution is 5.95. The molecule has 0 aromatic heterocycles. The number of aliphatic carboxylic acids is 2. The fourth-order valence-corrected chi connectivity index (χ4v) is 11.0. The summed E-state index contributed by atoms with van der Waals surface area (Å²) in [6.45, 7) is 15.5. The molecule has 0 bridgehead atoms. The van der Waals surface area contributed by atoms with Gasteiger partial charge in [0.2, 0.25) is 0 Å². The summed E-state index contributed by atoms with van der Waals surface area (Å²) in [6, 6.07) is 0. The van der Waals surface area contributed by atoms with Gasteiger partial charge < -0.3 is 14.9 Å². The molecule has 4 saturated carbocycles. The van der Waals surface area contributed by atoms with Crippen molar-refractivity contribution < 1.29 is 34.1 Å². The first-order valence-corrected chi connectivity index (χ1v) is 15.7. The Morgan fingerprint density at radius 2 is 1.54 bits per heavy atom. The van der Waals surface area contributed by atoms with Crippen molar-refractivity contribution in [3.63, 3.8) is 0 Å². The van der Waals surface area contributed by atoms with E-state index in [1.807, 2.05) is 13.0 Å². The van der Waals surface area contributed by atoms with Gasteiger partial charge in [-0.05, 0) is 104 Å². The van der Waals surface area contributed by atoms with E-state index in [1.54, 1.807) is 0 Å². The molecule has 4 fully saturated rings. The summed E-state index contributed by atoms with van der Waals surface area (Å²) >= 11 is 0. The third-order valence-corrected chi connectivity index (χ3v) is 13.8. The van der Waals surface area contributed by atoms with Crippen LogP contribution < -0.4 is 0 Å². The number of fused-ring (bicyclic) bond motifs is 7. The highest BCUT2D eigenvalue weighted by Crippen LogP contribution is 2.75. The van der Waals surface area contributed by atoms with Gasteiger partial charge in [0, 0.05) is 11.3 Å². The summed E-state index contributed by atoms with van der Waals surface area (Å²) in [4.78, 5) is 50.3. The summed E-state index contributed by atoms with van der Waals surface area (Å²) < 4.78 is 5.91. The third-order valence-electron chi connectivity index (χ3n) is 13.8.